The number of halogens is 1. The van der Waals surface area contributed by atoms with Crippen LogP contribution >= 0.6 is 11.6 Å². The largest absolute Gasteiger partial charge is 0.278 e. The van der Waals surface area contributed by atoms with E-state index in [0.29, 0.717) is 16.1 Å². The summed E-state index contributed by atoms with van der Waals surface area (Å²) in [4.78, 5) is 27.0. The van der Waals surface area contributed by atoms with Crippen molar-refractivity contribution in [3.8, 4) is 0 Å². The first-order valence-corrected chi connectivity index (χ1v) is 12.3. The van der Waals surface area contributed by atoms with Crippen molar-refractivity contribution in [2.75, 3.05) is 0 Å². The molecule has 2 fully saturated rings. The third kappa shape index (κ3) is 4.54. The van der Waals surface area contributed by atoms with E-state index in [-0.39, 0.29) is 41.6 Å². The Kier molecular flexibility index (Phi) is 6.19. The van der Waals surface area contributed by atoms with Crippen LogP contribution < -0.4 is 4.72 Å². The van der Waals surface area contributed by atoms with Gasteiger partial charge in [0.05, 0.1) is 23.3 Å². The van der Waals surface area contributed by atoms with Gasteiger partial charge in [-0.05, 0) is 54.7 Å². The first-order chi connectivity index (χ1) is 14.8. The minimum absolute atomic E-state index is 0.102. The average Bonchev–Trinajstić information content (AvgIpc) is 2.99. The molecule has 1 saturated heterocycles. The summed E-state index contributed by atoms with van der Waals surface area (Å²) in [5.41, 5.74) is 2.01. The highest BCUT2D eigenvalue weighted by molar-refractivity contribution is 7.89. The van der Waals surface area contributed by atoms with Gasteiger partial charge in [-0.3, -0.25) is 14.5 Å². The van der Waals surface area contributed by atoms with Crippen molar-refractivity contribution in [1.29, 1.82) is 0 Å². The van der Waals surface area contributed by atoms with Gasteiger partial charge >= 0.3 is 0 Å². The Hall–Kier alpha value is -2.22. The van der Waals surface area contributed by atoms with Crippen LogP contribution in [0.1, 0.15) is 42.4 Å². The number of carbonyl (C=O) groups is 2. The van der Waals surface area contributed by atoms with Crippen LogP contribution in [-0.2, 0) is 32.7 Å². The van der Waals surface area contributed by atoms with Gasteiger partial charge in [0, 0.05) is 11.6 Å². The molecule has 0 unspecified atom stereocenters. The molecular weight excluding hydrogens is 436 g/mol. The zero-order valence-electron chi connectivity index (χ0n) is 17.3. The van der Waals surface area contributed by atoms with Crippen molar-refractivity contribution in [3.05, 3.63) is 64.2 Å². The number of hydrogen-bond donors (Lipinski definition) is 1. The van der Waals surface area contributed by atoms with Gasteiger partial charge in [-0.25, -0.2) is 13.1 Å². The number of sulfonamides is 1. The fourth-order valence-corrected chi connectivity index (χ4v) is 5.90. The second-order valence-corrected chi connectivity index (χ2v) is 10.5. The maximum absolute atomic E-state index is 12.9. The van der Waals surface area contributed by atoms with E-state index in [4.69, 9.17) is 11.6 Å². The SMILES string of the molecule is Cc1ccc(CN2C(=O)[C@H]3CCCC[C@H]3C2=O)cc1S(=O)(=O)NCc1ccc(Cl)cc1. The number of nitrogens with one attached hydrogen (secondary N) is 1. The number of fused-ring (bicyclic) bond motifs is 1. The van der Waals surface area contributed by atoms with Crippen molar-refractivity contribution < 1.29 is 18.0 Å². The lowest BCUT2D eigenvalue weighted by Gasteiger charge is -2.19. The summed E-state index contributed by atoms with van der Waals surface area (Å²) >= 11 is 5.88. The normalized spacial score (nSPS) is 21.4. The van der Waals surface area contributed by atoms with Gasteiger partial charge in [0.1, 0.15) is 0 Å². The standard InChI is InChI=1S/C23H25ClN2O4S/c1-15-6-7-17(14-26-22(27)19-4-2-3-5-20(19)23(26)28)12-21(15)31(29,30)25-13-16-8-10-18(24)11-9-16/h6-12,19-20,25H,2-5,13-14H2,1H3/t19-,20+. The van der Waals surface area contributed by atoms with Crippen LogP contribution in [0, 0.1) is 18.8 Å². The second kappa shape index (κ2) is 8.73. The Labute approximate surface area is 187 Å². The van der Waals surface area contributed by atoms with Crippen LogP contribution in [0.15, 0.2) is 47.4 Å². The van der Waals surface area contributed by atoms with E-state index in [0.717, 1.165) is 31.2 Å². The average molecular weight is 461 g/mol. The van der Waals surface area contributed by atoms with Crippen LogP contribution in [0.25, 0.3) is 0 Å². The lowest BCUT2D eigenvalue weighted by molar-refractivity contribution is -0.140. The molecule has 1 N–H and O–H groups in total. The first kappa shape index (κ1) is 22.0. The van der Waals surface area contributed by atoms with E-state index in [1.165, 1.54) is 4.90 Å². The third-order valence-electron chi connectivity index (χ3n) is 6.19. The number of nitrogens with zero attached hydrogens (tertiary/aromatic N) is 1. The zero-order chi connectivity index (χ0) is 22.2. The number of imide groups is 1. The van der Waals surface area contributed by atoms with Crippen LogP contribution in [0.5, 0.6) is 0 Å². The summed E-state index contributed by atoms with van der Waals surface area (Å²) in [5, 5.41) is 0.584. The van der Waals surface area contributed by atoms with Crippen LogP contribution in [0.2, 0.25) is 5.02 Å². The van der Waals surface area contributed by atoms with Crippen LogP contribution in [0.3, 0.4) is 0 Å². The van der Waals surface area contributed by atoms with Gasteiger partial charge in [-0.1, -0.05) is 48.7 Å². The Bertz CT molecular complexity index is 1090. The molecule has 4 rings (SSSR count). The molecule has 0 aromatic heterocycles. The van der Waals surface area contributed by atoms with E-state index in [1.807, 2.05) is 0 Å². The molecule has 1 aliphatic carbocycles. The Morgan fingerprint density at radius 2 is 1.55 bits per heavy atom. The van der Waals surface area contributed by atoms with Crippen LogP contribution in [-0.4, -0.2) is 25.1 Å². The third-order valence-corrected chi connectivity index (χ3v) is 7.99. The molecule has 0 spiro atoms. The molecule has 2 aromatic carbocycles. The van der Waals surface area contributed by atoms with Gasteiger partial charge in [-0.2, -0.15) is 0 Å². The van der Waals surface area contributed by atoms with Crippen molar-refractivity contribution in [3.63, 3.8) is 0 Å². The van der Waals surface area contributed by atoms with Gasteiger partial charge in [0.2, 0.25) is 21.8 Å². The number of carbonyl (C=O) groups excluding carboxylic acids is 2. The minimum atomic E-state index is -3.77. The molecule has 0 bridgehead atoms. The van der Waals surface area contributed by atoms with Gasteiger partial charge in [-0.15, -0.1) is 0 Å². The molecule has 2 aromatic rings. The molecule has 0 radical (unpaired) electrons. The van der Waals surface area contributed by atoms with E-state index >= 15 is 0 Å². The fourth-order valence-electron chi connectivity index (χ4n) is 4.46. The molecule has 2 aliphatic rings. The lowest BCUT2D eigenvalue weighted by atomic mass is 9.81. The molecule has 1 saturated carbocycles. The topological polar surface area (TPSA) is 83.6 Å². The Morgan fingerprint density at radius 3 is 2.16 bits per heavy atom. The molecule has 2 amide bonds. The Morgan fingerprint density at radius 1 is 0.968 bits per heavy atom. The quantitative estimate of drug-likeness (QED) is 0.664. The first-order valence-electron chi connectivity index (χ1n) is 10.4. The van der Waals surface area contributed by atoms with Crippen molar-refractivity contribution in [2.24, 2.45) is 11.8 Å². The highest BCUT2D eigenvalue weighted by atomic mass is 35.5. The second-order valence-electron chi connectivity index (χ2n) is 8.31. The van der Waals surface area contributed by atoms with Gasteiger partial charge < -0.3 is 0 Å². The summed E-state index contributed by atoms with van der Waals surface area (Å²) in [6.07, 6.45) is 3.46. The molecule has 31 heavy (non-hydrogen) atoms. The zero-order valence-corrected chi connectivity index (χ0v) is 18.9. The van der Waals surface area contributed by atoms with Crippen molar-refractivity contribution in [1.82, 2.24) is 9.62 Å². The van der Waals surface area contributed by atoms with Gasteiger partial charge in [0.25, 0.3) is 0 Å². The predicted molar refractivity (Wildman–Crippen MR) is 118 cm³/mol. The molecule has 1 aliphatic heterocycles. The lowest BCUT2D eigenvalue weighted by Crippen LogP contribution is -2.30. The smallest absolute Gasteiger partial charge is 0.241 e. The summed E-state index contributed by atoms with van der Waals surface area (Å²) < 4.78 is 28.5. The highest BCUT2D eigenvalue weighted by Gasteiger charge is 2.47. The summed E-state index contributed by atoms with van der Waals surface area (Å²) in [5.74, 6) is -0.673. The molecule has 8 heteroatoms. The van der Waals surface area contributed by atoms with Crippen molar-refractivity contribution in [2.45, 2.75) is 50.6 Å². The van der Waals surface area contributed by atoms with E-state index in [2.05, 4.69) is 4.72 Å². The number of amides is 2. The maximum Gasteiger partial charge on any atom is 0.241 e. The summed E-state index contributed by atoms with van der Waals surface area (Å²) in [6.45, 7) is 1.96. The number of aryl methyl sites for hydroxylation is 1. The van der Waals surface area contributed by atoms with E-state index < -0.39 is 10.0 Å². The minimum Gasteiger partial charge on any atom is -0.278 e. The fraction of sp³-hybridized carbons (Fsp3) is 0.391. The number of hydrogen-bond acceptors (Lipinski definition) is 4. The molecule has 2 atom stereocenters. The molecule has 164 valence electrons. The van der Waals surface area contributed by atoms with Gasteiger partial charge in [0.15, 0.2) is 0 Å². The molecule has 6 nitrogen and oxygen atoms in total. The highest BCUT2D eigenvalue weighted by Crippen LogP contribution is 2.38. The monoisotopic (exact) mass is 460 g/mol. The number of likely N-dealkylation sites (tertiary alicyclic amines) is 1. The summed E-state index contributed by atoms with van der Waals surface area (Å²) in [6, 6.07) is 12.0. The van der Waals surface area contributed by atoms with Crippen molar-refractivity contribution >= 4 is 33.4 Å². The van der Waals surface area contributed by atoms with E-state index in [9.17, 15) is 18.0 Å². The maximum atomic E-state index is 12.9. The predicted octanol–water partition coefficient (Wildman–Crippen LogP) is 3.80. The number of rotatable bonds is 6. The van der Waals surface area contributed by atoms with Crippen LogP contribution in [0.4, 0.5) is 0 Å². The molecule has 1 heterocycles. The molecular formula is C23H25ClN2O4S. The number of benzene rings is 2. The summed E-state index contributed by atoms with van der Waals surface area (Å²) in [7, 11) is -3.77. The van der Waals surface area contributed by atoms with E-state index in [1.54, 1.807) is 49.4 Å². The Balaban J connectivity index is 1.52.